The third-order valence-electron chi connectivity index (χ3n) is 2.93. The van der Waals surface area contributed by atoms with Gasteiger partial charge in [0.05, 0.1) is 12.5 Å². The van der Waals surface area contributed by atoms with Crippen molar-refractivity contribution in [2.75, 3.05) is 19.7 Å². The Hall–Kier alpha value is -1.06. The molecule has 0 atom stereocenters. The third kappa shape index (κ3) is 3.51. The van der Waals surface area contributed by atoms with Gasteiger partial charge in [-0.1, -0.05) is 6.92 Å². The molecular weight excluding hydrogens is 206 g/mol. The molecule has 16 heavy (non-hydrogen) atoms. The first-order chi connectivity index (χ1) is 7.69. The molecule has 92 valence electrons. The summed E-state index contributed by atoms with van der Waals surface area (Å²) < 4.78 is 4.98. The number of nitrogens with zero attached hydrogens (tertiary/aromatic N) is 1. The van der Waals surface area contributed by atoms with Crippen LogP contribution in [0.2, 0.25) is 0 Å². The molecule has 0 radical (unpaired) electrons. The number of carbonyl (C=O) groups is 2. The number of rotatable bonds is 4. The molecule has 4 heteroatoms. The van der Waals surface area contributed by atoms with Crippen molar-refractivity contribution < 1.29 is 14.3 Å². The van der Waals surface area contributed by atoms with Crippen LogP contribution in [0.15, 0.2) is 0 Å². The lowest BCUT2D eigenvalue weighted by atomic mass is 9.97. The van der Waals surface area contributed by atoms with Gasteiger partial charge in [-0.25, -0.2) is 0 Å². The van der Waals surface area contributed by atoms with E-state index in [1.54, 1.807) is 0 Å². The second kappa shape index (κ2) is 6.51. The average molecular weight is 227 g/mol. The van der Waals surface area contributed by atoms with Gasteiger partial charge in [-0.2, -0.15) is 0 Å². The molecule has 1 rings (SSSR count). The second-order valence-electron chi connectivity index (χ2n) is 4.16. The fraction of sp³-hybridized carbons (Fsp3) is 0.833. The molecule has 1 fully saturated rings. The summed E-state index contributed by atoms with van der Waals surface area (Å²) in [6, 6.07) is 0. The van der Waals surface area contributed by atoms with Crippen molar-refractivity contribution in [1.29, 1.82) is 0 Å². The highest BCUT2D eigenvalue weighted by Gasteiger charge is 2.27. The third-order valence-corrected chi connectivity index (χ3v) is 2.93. The Bertz CT molecular complexity index is 219. The molecule has 0 saturated carbocycles. The highest BCUT2D eigenvalue weighted by Crippen LogP contribution is 2.19. The summed E-state index contributed by atoms with van der Waals surface area (Å²) in [5, 5.41) is 0. The van der Waals surface area contributed by atoms with Crippen LogP contribution in [0.4, 0.5) is 0 Å². The van der Waals surface area contributed by atoms with E-state index in [1.807, 2.05) is 18.7 Å². The minimum absolute atomic E-state index is 0.00868. The summed E-state index contributed by atoms with van der Waals surface area (Å²) in [5.41, 5.74) is 0. The standard InChI is InChI=1S/C12H21NO3/c1-3-5-11(14)13-8-6-10(7-9-13)12(15)16-4-2/h10H,3-9H2,1-2H3. The normalized spacial score (nSPS) is 17.2. The van der Waals surface area contributed by atoms with Crippen LogP contribution in [0.5, 0.6) is 0 Å². The number of likely N-dealkylation sites (tertiary alicyclic amines) is 1. The molecule has 0 unspecified atom stereocenters. The number of esters is 1. The van der Waals surface area contributed by atoms with Crippen LogP contribution in [0.3, 0.4) is 0 Å². The molecule has 0 aliphatic carbocycles. The van der Waals surface area contributed by atoms with Crippen molar-refractivity contribution in [3.05, 3.63) is 0 Å². The van der Waals surface area contributed by atoms with E-state index >= 15 is 0 Å². The van der Waals surface area contributed by atoms with E-state index in [2.05, 4.69) is 0 Å². The van der Waals surface area contributed by atoms with E-state index in [0.717, 1.165) is 19.3 Å². The van der Waals surface area contributed by atoms with Crippen LogP contribution >= 0.6 is 0 Å². The smallest absolute Gasteiger partial charge is 0.309 e. The van der Waals surface area contributed by atoms with Crippen LogP contribution in [0.25, 0.3) is 0 Å². The Morgan fingerprint density at radius 1 is 1.25 bits per heavy atom. The largest absolute Gasteiger partial charge is 0.466 e. The lowest BCUT2D eigenvalue weighted by molar-refractivity contribution is -0.151. The van der Waals surface area contributed by atoms with Gasteiger partial charge < -0.3 is 9.64 Å². The van der Waals surface area contributed by atoms with E-state index in [9.17, 15) is 9.59 Å². The first kappa shape index (κ1) is 13.0. The Labute approximate surface area is 96.9 Å². The predicted molar refractivity (Wildman–Crippen MR) is 60.8 cm³/mol. The maximum Gasteiger partial charge on any atom is 0.309 e. The number of carbonyl (C=O) groups excluding carboxylic acids is 2. The van der Waals surface area contributed by atoms with E-state index in [-0.39, 0.29) is 17.8 Å². The molecular formula is C12H21NO3. The van der Waals surface area contributed by atoms with Gasteiger partial charge in [0, 0.05) is 19.5 Å². The first-order valence-electron chi connectivity index (χ1n) is 6.13. The fourth-order valence-electron chi connectivity index (χ4n) is 2.00. The maximum absolute atomic E-state index is 11.6. The Morgan fingerprint density at radius 2 is 1.88 bits per heavy atom. The summed E-state index contributed by atoms with van der Waals surface area (Å²) in [6.45, 7) is 5.65. The van der Waals surface area contributed by atoms with Crippen molar-refractivity contribution in [1.82, 2.24) is 4.90 Å². The molecule has 1 saturated heterocycles. The lowest BCUT2D eigenvalue weighted by Crippen LogP contribution is -2.40. The van der Waals surface area contributed by atoms with Gasteiger partial charge in [0.2, 0.25) is 5.91 Å². The molecule has 0 aromatic carbocycles. The average Bonchev–Trinajstić information content (AvgIpc) is 2.30. The summed E-state index contributed by atoms with van der Waals surface area (Å²) in [6.07, 6.45) is 2.99. The number of hydrogen-bond donors (Lipinski definition) is 0. The van der Waals surface area contributed by atoms with E-state index in [0.29, 0.717) is 26.1 Å². The van der Waals surface area contributed by atoms with Crippen LogP contribution in [0, 0.1) is 5.92 Å². The highest BCUT2D eigenvalue weighted by molar-refractivity contribution is 5.77. The molecule has 0 aromatic heterocycles. The zero-order valence-electron chi connectivity index (χ0n) is 10.2. The topological polar surface area (TPSA) is 46.6 Å². The van der Waals surface area contributed by atoms with Crippen molar-refractivity contribution in [3.63, 3.8) is 0 Å². The number of piperidine rings is 1. The molecule has 0 aromatic rings. The van der Waals surface area contributed by atoms with Gasteiger partial charge >= 0.3 is 5.97 Å². The maximum atomic E-state index is 11.6. The monoisotopic (exact) mass is 227 g/mol. The molecule has 0 bridgehead atoms. The number of ether oxygens (including phenoxy) is 1. The van der Waals surface area contributed by atoms with Gasteiger partial charge in [-0.05, 0) is 26.2 Å². The SMILES string of the molecule is CCCC(=O)N1CCC(C(=O)OCC)CC1. The minimum atomic E-state index is -0.106. The number of hydrogen-bond acceptors (Lipinski definition) is 3. The Balaban J connectivity index is 2.33. The second-order valence-corrected chi connectivity index (χ2v) is 4.16. The first-order valence-corrected chi connectivity index (χ1v) is 6.13. The van der Waals surface area contributed by atoms with Gasteiger partial charge in [0.1, 0.15) is 0 Å². The van der Waals surface area contributed by atoms with Crippen molar-refractivity contribution in [3.8, 4) is 0 Å². The quantitative estimate of drug-likeness (QED) is 0.685. The summed E-state index contributed by atoms with van der Waals surface area (Å²) >= 11 is 0. The Kier molecular flexibility index (Phi) is 5.29. The van der Waals surface area contributed by atoms with Gasteiger partial charge in [0.15, 0.2) is 0 Å². The summed E-state index contributed by atoms with van der Waals surface area (Å²) in [7, 11) is 0. The van der Waals surface area contributed by atoms with Crippen molar-refractivity contribution >= 4 is 11.9 Å². The van der Waals surface area contributed by atoms with Gasteiger partial charge in [-0.15, -0.1) is 0 Å². The highest BCUT2D eigenvalue weighted by atomic mass is 16.5. The molecule has 4 nitrogen and oxygen atoms in total. The summed E-state index contributed by atoms with van der Waals surface area (Å²) in [5.74, 6) is 0.0977. The summed E-state index contributed by atoms with van der Waals surface area (Å²) in [4.78, 5) is 24.9. The van der Waals surface area contributed by atoms with Crippen LogP contribution in [-0.4, -0.2) is 36.5 Å². The molecule has 1 aliphatic heterocycles. The zero-order valence-corrected chi connectivity index (χ0v) is 10.2. The molecule has 1 amide bonds. The van der Waals surface area contributed by atoms with Gasteiger partial charge in [-0.3, -0.25) is 9.59 Å². The molecule has 1 aliphatic rings. The van der Waals surface area contributed by atoms with E-state index in [1.165, 1.54) is 0 Å². The number of amides is 1. The minimum Gasteiger partial charge on any atom is -0.466 e. The Morgan fingerprint density at radius 3 is 2.38 bits per heavy atom. The molecule has 1 heterocycles. The fourth-order valence-corrected chi connectivity index (χ4v) is 2.00. The van der Waals surface area contributed by atoms with Gasteiger partial charge in [0.25, 0.3) is 0 Å². The van der Waals surface area contributed by atoms with Crippen molar-refractivity contribution in [2.24, 2.45) is 5.92 Å². The molecule has 0 N–H and O–H groups in total. The van der Waals surface area contributed by atoms with Crippen molar-refractivity contribution in [2.45, 2.75) is 39.5 Å². The van der Waals surface area contributed by atoms with Crippen LogP contribution in [-0.2, 0) is 14.3 Å². The molecule has 0 spiro atoms. The van der Waals surface area contributed by atoms with Crippen LogP contribution in [0.1, 0.15) is 39.5 Å². The predicted octanol–water partition coefficient (Wildman–Crippen LogP) is 1.59. The zero-order chi connectivity index (χ0) is 12.0. The van der Waals surface area contributed by atoms with E-state index < -0.39 is 0 Å². The van der Waals surface area contributed by atoms with Crippen LogP contribution < -0.4 is 0 Å². The lowest BCUT2D eigenvalue weighted by Gasteiger charge is -2.30. The van der Waals surface area contributed by atoms with E-state index in [4.69, 9.17) is 4.74 Å².